The van der Waals surface area contributed by atoms with Crippen molar-refractivity contribution >= 4 is 23.8 Å². The molecule has 0 saturated carbocycles. The van der Waals surface area contributed by atoms with Gasteiger partial charge >= 0.3 is 17.9 Å². The van der Waals surface area contributed by atoms with Crippen LogP contribution >= 0.6 is 0 Å². The van der Waals surface area contributed by atoms with Gasteiger partial charge in [0.2, 0.25) is 5.91 Å². The maximum atomic E-state index is 13.0. The Morgan fingerprint density at radius 1 is 0.583 bits per heavy atom. The zero-order valence-electron chi connectivity index (χ0n) is 31.0. The highest BCUT2D eigenvalue weighted by Gasteiger charge is 2.26. The third kappa shape index (κ3) is 23.4. The topological polar surface area (TPSA) is 170 Å². The Morgan fingerprint density at radius 2 is 0.917 bits per heavy atom. The van der Waals surface area contributed by atoms with Gasteiger partial charge in [0.25, 0.3) is 0 Å². The first kappa shape index (κ1) is 43.1. The minimum Gasteiger partial charge on any atom is -0.459 e. The van der Waals surface area contributed by atoms with Gasteiger partial charge in [0.15, 0.2) is 0 Å². The second kappa shape index (κ2) is 21.2. The van der Waals surface area contributed by atoms with Crippen LogP contribution in [0.4, 0.5) is 0 Å². The van der Waals surface area contributed by atoms with Crippen LogP contribution in [-0.2, 0) is 33.4 Å². The number of hydrogen-bond donors (Lipinski definition) is 1. The third-order valence-electron chi connectivity index (χ3n) is 6.94. The SMILES string of the molecule is CC(C)(C)OC(=O)CN1CCN(CC(=O)NCCCCCN=[N+]=[N-])CCN(CC(=O)OC(C)(C)C)CCN(CC(=O)OC(C)(C)C)CC1. The molecule has 0 bridgehead atoms. The molecule has 1 saturated heterocycles. The molecule has 0 aromatic heterocycles. The fraction of sp³-hybridized carbons (Fsp3) is 0.879. The Morgan fingerprint density at radius 3 is 1.23 bits per heavy atom. The molecular formula is C33H62N8O7. The van der Waals surface area contributed by atoms with E-state index in [1.54, 1.807) is 0 Å². The maximum absolute atomic E-state index is 13.0. The van der Waals surface area contributed by atoms with Gasteiger partial charge in [-0.05, 0) is 80.7 Å². The molecule has 1 amide bonds. The number of rotatable bonds is 14. The normalized spacial score (nSPS) is 16.9. The van der Waals surface area contributed by atoms with Gasteiger partial charge in [-0.2, -0.15) is 0 Å². The number of unbranched alkanes of at least 4 members (excludes halogenated alkanes) is 2. The van der Waals surface area contributed by atoms with Crippen molar-refractivity contribution in [1.29, 1.82) is 0 Å². The van der Waals surface area contributed by atoms with Crippen LogP contribution in [0.2, 0.25) is 0 Å². The Balaban J connectivity index is 3.13. The van der Waals surface area contributed by atoms with Gasteiger partial charge < -0.3 is 19.5 Å². The van der Waals surface area contributed by atoms with Crippen molar-refractivity contribution in [3.8, 4) is 0 Å². The number of hydrogen-bond acceptors (Lipinski definition) is 12. The number of nitrogens with one attached hydrogen (secondary N) is 1. The summed E-state index contributed by atoms with van der Waals surface area (Å²) in [7, 11) is 0. The van der Waals surface area contributed by atoms with Crippen molar-refractivity contribution in [2.45, 2.75) is 98.4 Å². The minimum atomic E-state index is -0.628. The summed E-state index contributed by atoms with van der Waals surface area (Å²) >= 11 is 0. The van der Waals surface area contributed by atoms with Crippen LogP contribution in [0, 0.1) is 0 Å². The highest BCUT2D eigenvalue weighted by Crippen LogP contribution is 2.11. The van der Waals surface area contributed by atoms with E-state index in [-0.39, 0.29) is 50.0 Å². The fourth-order valence-corrected chi connectivity index (χ4v) is 4.90. The zero-order chi connectivity index (χ0) is 36.4. The Hall–Kier alpha value is -2.97. The van der Waals surface area contributed by atoms with E-state index in [4.69, 9.17) is 19.7 Å². The van der Waals surface area contributed by atoms with Gasteiger partial charge in [0, 0.05) is 70.4 Å². The van der Waals surface area contributed by atoms with Crippen LogP contribution in [0.5, 0.6) is 0 Å². The highest BCUT2D eigenvalue weighted by molar-refractivity contribution is 5.78. The quantitative estimate of drug-likeness (QED) is 0.0714. The first-order valence-corrected chi connectivity index (χ1v) is 17.1. The number of amides is 1. The predicted octanol–water partition coefficient (Wildman–Crippen LogP) is 2.83. The van der Waals surface area contributed by atoms with Gasteiger partial charge in [-0.3, -0.25) is 38.8 Å². The van der Waals surface area contributed by atoms with Crippen molar-refractivity contribution in [2.75, 3.05) is 91.6 Å². The second-order valence-electron chi connectivity index (χ2n) is 15.2. The van der Waals surface area contributed by atoms with Crippen molar-refractivity contribution in [1.82, 2.24) is 24.9 Å². The summed E-state index contributed by atoms with van der Waals surface area (Å²) in [5, 5.41) is 6.51. The molecule has 1 N–H and O–H groups in total. The lowest BCUT2D eigenvalue weighted by Crippen LogP contribution is -2.50. The highest BCUT2D eigenvalue weighted by atomic mass is 16.6. The molecule has 0 aromatic carbocycles. The van der Waals surface area contributed by atoms with E-state index < -0.39 is 16.8 Å². The number of nitrogens with zero attached hydrogens (tertiary/aromatic N) is 7. The van der Waals surface area contributed by atoms with E-state index in [1.807, 2.05) is 81.9 Å². The van der Waals surface area contributed by atoms with Crippen LogP contribution < -0.4 is 5.32 Å². The summed E-state index contributed by atoms with van der Waals surface area (Å²) in [5.74, 6) is -1.15. The van der Waals surface area contributed by atoms with E-state index in [2.05, 4.69) is 15.3 Å². The molecule has 1 aliphatic rings. The van der Waals surface area contributed by atoms with Gasteiger partial charge in [0.05, 0.1) is 26.2 Å². The molecule has 0 atom stereocenters. The lowest BCUT2D eigenvalue weighted by molar-refractivity contribution is -0.158. The minimum absolute atomic E-state index is 0.0651. The van der Waals surface area contributed by atoms with Crippen LogP contribution in [0.25, 0.3) is 10.4 Å². The van der Waals surface area contributed by atoms with E-state index in [9.17, 15) is 19.2 Å². The summed E-state index contributed by atoms with van der Waals surface area (Å²) in [6, 6.07) is 0. The van der Waals surface area contributed by atoms with E-state index >= 15 is 0 Å². The summed E-state index contributed by atoms with van der Waals surface area (Å²) in [4.78, 5) is 62.2. The molecular weight excluding hydrogens is 620 g/mol. The molecule has 0 aliphatic carbocycles. The number of carbonyl (C=O) groups is 4. The van der Waals surface area contributed by atoms with E-state index in [1.165, 1.54) is 0 Å². The smallest absolute Gasteiger partial charge is 0.320 e. The molecule has 0 aromatic rings. The number of esters is 3. The van der Waals surface area contributed by atoms with Crippen LogP contribution in [0.15, 0.2) is 5.11 Å². The van der Waals surface area contributed by atoms with Crippen LogP contribution in [0.1, 0.15) is 81.6 Å². The van der Waals surface area contributed by atoms with Crippen molar-refractivity contribution in [3.05, 3.63) is 10.4 Å². The van der Waals surface area contributed by atoms with Crippen LogP contribution in [0.3, 0.4) is 0 Å². The summed E-state index contributed by atoms with van der Waals surface area (Å²) in [6.45, 7) is 21.6. The summed E-state index contributed by atoms with van der Waals surface area (Å²) in [5.41, 5.74) is 6.53. The van der Waals surface area contributed by atoms with Crippen molar-refractivity contribution in [2.24, 2.45) is 5.11 Å². The average Bonchev–Trinajstić information content (AvgIpc) is 2.90. The number of azide groups is 1. The van der Waals surface area contributed by atoms with Gasteiger partial charge in [-0.1, -0.05) is 11.5 Å². The molecule has 0 unspecified atom stereocenters. The lowest BCUT2D eigenvalue weighted by Gasteiger charge is -2.34. The van der Waals surface area contributed by atoms with Gasteiger partial charge in [0.1, 0.15) is 16.8 Å². The molecule has 1 heterocycles. The monoisotopic (exact) mass is 682 g/mol. The lowest BCUT2D eigenvalue weighted by atomic mass is 10.2. The molecule has 1 aliphatic heterocycles. The first-order valence-electron chi connectivity index (χ1n) is 17.1. The zero-order valence-corrected chi connectivity index (χ0v) is 31.0. The maximum Gasteiger partial charge on any atom is 0.320 e. The fourth-order valence-electron chi connectivity index (χ4n) is 4.90. The molecule has 15 heteroatoms. The van der Waals surface area contributed by atoms with E-state index in [0.29, 0.717) is 65.4 Å². The Bertz CT molecular complexity index is 1020. The number of carbonyl (C=O) groups excluding carboxylic acids is 4. The molecule has 0 radical (unpaired) electrons. The molecule has 0 spiro atoms. The molecule has 48 heavy (non-hydrogen) atoms. The van der Waals surface area contributed by atoms with Crippen molar-refractivity contribution < 1.29 is 33.4 Å². The van der Waals surface area contributed by atoms with Gasteiger partial charge in [-0.15, -0.1) is 0 Å². The van der Waals surface area contributed by atoms with Crippen LogP contribution in [-0.4, -0.2) is 152 Å². The summed E-state index contributed by atoms with van der Waals surface area (Å²) < 4.78 is 16.8. The average molecular weight is 683 g/mol. The standard InChI is InChI=1S/C33H62N8O7/c1-31(2,3)46-28(43)24-39-17-15-38(23-27(42)35-13-11-10-12-14-36-37-34)16-18-40(25-29(44)47-32(4,5)6)20-22-41(21-19-39)26-30(45)48-33(7,8)9/h10-26H2,1-9H3,(H,35,42). The Labute approximate surface area is 287 Å². The third-order valence-corrected chi connectivity index (χ3v) is 6.94. The largest absolute Gasteiger partial charge is 0.459 e. The molecule has 276 valence electrons. The molecule has 15 nitrogen and oxygen atoms in total. The Kier molecular flexibility index (Phi) is 19.0. The summed E-state index contributed by atoms with van der Waals surface area (Å²) in [6.07, 6.45) is 2.38. The molecule has 1 rings (SSSR count). The molecule has 1 fully saturated rings. The van der Waals surface area contributed by atoms with Crippen molar-refractivity contribution in [3.63, 3.8) is 0 Å². The van der Waals surface area contributed by atoms with E-state index in [0.717, 1.165) is 19.3 Å². The second-order valence-corrected chi connectivity index (χ2v) is 15.2. The van der Waals surface area contributed by atoms with Gasteiger partial charge in [-0.25, -0.2) is 0 Å². The first-order chi connectivity index (χ1) is 22.2. The number of ether oxygens (including phenoxy) is 3. The predicted molar refractivity (Wildman–Crippen MR) is 184 cm³/mol.